The molecule has 0 aliphatic carbocycles. The topological polar surface area (TPSA) is 84.6 Å². The minimum atomic E-state index is -0.602. The second-order valence-electron chi connectivity index (χ2n) is 4.27. The molecular formula is C14H13FN2O4. The fraction of sp³-hybridized carbons (Fsp3) is 0.143. The number of nitrogens with one attached hydrogen (secondary N) is 1. The van der Waals surface area contributed by atoms with Crippen LogP contribution < -0.4 is 10.1 Å². The maximum absolute atomic E-state index is 13.2. The van der Waals surface area contributed by atoms with Gasteiger partial charge in [0.1, 0.15) is 23.0 Å². The van der Waals surface area contributed by atoms with Gasteiger partial charge in [0.05, 0.1) is 12.0 Å². The number of rotatable bonds is 5. The van der Waals surface area contributed by atoms with Crippen LogP contribution >= 0.6 is 0 Å². The highest BCUT2D eigenvalue weighted by Crippen LogP contribution is 2.28. The van der Waals surface area contributed by atoms with E-state index in [1.54, 1.807) is 12.1 Å². The fourth-order valence-corrected chi connectivity index (χ4v) is 1.82. The Bertz CT molecular complexity index is 676. The van der Waals surface area contributed by atoms with Crippen LogP contribution in [0.4, 0.5) is 15.8 Å². The summed E-state index contributed by atoms with van der Waals surface area (Å²) < 4.78 is 18.1. The molecule has 7 heteroatoms. The molecule has 21 heavy (non-hydrogen) atoms. The summed E-state index contributed by atoms with van der Waals surface area (Å²) in [5.41, 5.74) is 0.328. The van der Waals surface area contributed by atoms with E-state index in [0.29, 0.717) is 11.3 Å². The van der Waals surface area contributed by atoms with E-state index in [1.807, 2.05) is 0 Å². The molecule has 0 spiro atoms. The van der Waals surface area contributed by atoms with Crippen LogP contribution in [0, 0.1) is 15.9 Å². The normalized spacial score (nSPS) is 10.2. The molecule has 0 atom stereocenters. The third kappa shape index (κ3) is 3.38. The van der Waals surface area contributed by atoms with Gasteiger partial charge in [-0.15, -0.1) is 0 Å². The SMILES string of the molecule is COc1ccc(CNc2cc(F)ccc2[N+](=O)[O-])c(O)c1. The number of hydrogen-bond acceptors (Lipinski definition) is 5. The Balaban J connectivity index is 2.20. The molecule has 2 aromatic carbocycles. The van der Waals surface area contributed by atoms with Gasteiger partial charge in [-0.1, -0.05) is 0 Å². The van der Waals surface area contributed by atoms with Gasteiger partial charge < -0.3 is 15.2 Å². The zero-order valence-corrected chi connectivity index (χ0v) is 11.2. The monoisotopic (exact) mass is 292 g/mol. The van der Waals surface area contributed by atoms with Gasteiger partial charge in [0.2, 0.25) is 0 Å². The second kappa shape index (κ2) is 6.08. The number of nitrogens with zero attached hydrogens (tertiary/aromatic N) is 1. The molecule has 0 amide bonds. The number of phenols is 1. The van der Waals surface area contributed by atoms with Crippen molar-refractivity contribution in [3.05, 3.63) is 57.9 Å². The van der Waals surface area contributed by atoms with E-state index < -0.39 is 10.7 Å². The van der Waals surface area contributed by atoms with Gasteiger partial charge >= 0.3 is 0 Å². The molecule has 110 valence electrons. The van der Waals surface area contributed by atoms with Crippen molar-refractivity contribution in [3.63, 3.8) is 0 Å². The summed E-state index contributed by atoms with van der Waals surface area (Å²) in [5, 5.41) is 23.4. The zero-order chi connectivity index (χ0) is 15.4. The Morgan fingerprint density at radius 2 is 2.10 bits per heavy atom. The molecule has 0 bridgehead atoms. The van der Waals surface area contributed by atoms with Crippen molar-refractivity contribution in [2.24, 2.45) is 0 Å². The standard InChI is InChI=1S/C14H13FN2O4/c1-21-11-4-2-9(14(18)7-11)8-16-12-6-10(15)3-5-13(12)17(19)20/h2-7,16,18H,8H2,1H3. The minimum Gasteiger partial charge on any atom is -0.507 e. The Labute approximate surface area is 119 Å². The average Bonchev–Trinajstić information content (AvgIpc) is 2.45. The van der Waals surface area contributed by atoms with Crippen LogP contribution in [0.3, 0.4) is 0 Å². The summed E-state index contributed by atoms with van der Waals surface area (Å²) in [5.74, 6) is -0.101. The fourth-order valence-electron chi connectivity index (χ4n) is 1.82. The molecule has 0 aliphatic heterocycles. The first kappa shape index (κ1) is 14.6. The molecule has 0 fully saturated rings. The van der Waals surface area contributed by atoms with E-state index in [4.69, 9.17) is 4.74 Å². The first-order valence-electron chi connectivity index (χ1n) is 6.05. The van der Waals surface area contributed by atoms with Crippen molar-refractivity contribution < 1.29 is 19.2 Å². The second-order valence-corrected chi connectivity index (χ2v) is 4.27. The van der Waals surface area contributed by atoms with Crippen LogP contribution in [-0.2, 0) is 6.54 Å². The summed E-state index contributed by atoms with van der Waals surface area (Å²) in [4.78, 5) is 10.3. The Morgan fingerprint density at radius 3 is 2.71 bits per heavy atom. The first-order valence-corrected chi connectivity index (χ1v) is 6.05. The number of nitro benzene ring substituents is 1. The maximum Gasteiger partial charge on any atom is 0.292 e. The highest BCUT2D eigenvalue weighted by Gasteiger charge is 2.14. The summed E-state index contributed by atoms with van der Waals surface area (Å²) in [6, 6.07) is 7.85. The van der Waals surface area contributed by atoms with Crippen molar-refractivity contribution in [2.45, 2.75) is 6.54 Å². The molecule has 0 unspecified atom stereocenters. The third-order valence-electron chi connectivity index (χ3n) is 2.92. The van der Waals surface area contributed by atoms with Crippen LogP contribution in [0.15, 0.2) is 36.4 Å². The Hall–Kier alpha value is -2.83. The molecule has 0 aromatic heterocycles. The number of methoxy groups -OCH3 is 1. The van der Waals surface area contributed by atoms with Crippen LogP contribution in [-0.4, -0.2) is 17.1 Å². The van der Waals surface area contributed by atoms with Gasteiger partial charge in [-0.3, -0.25) is 10.1 Å². The van der Waals surface area contributed by atoms with Crippen molar-refractivity contribution in [1.29, 1.82) is 0 Å². The molecule has 2 rings (SSSR count). The van der Waals surface area contributed by atoms with Crippen LogP contribution in [0.1, 0.15) is 5.56 Å². The van der Waals surface area contributed by atoms with Gasteiger partial charge in [-0.05, 0) is 18.2 Å². The van der Waals surface area contributed by atoms with E-state index in [1.165, 1.54) is 13.2 Å². The van der Waals surface area contributed by atoms with Crippen molar-refractivity contribution in [2.75, 3.05) is 12.4 Å². The van der Waals surface area contributed by atoms with E-state index in [2.05, 4.69) is 5.32 Å². The van der Waals surface area contributed by atoms with Gasteiger partial charge in [0, 0.05) is 30.3 Å². The molecule has 6 nitrogen and oxygen atoms in total. The van der Waals surface area contributed by atoms with Crippen LogP contribution in [0.5, 0.6) is 11.5 Å². The highest BCUT2D eigenvalue weighted by atomic mass is 19.1. The predicted octanol–water partition coefficient (Wildman–Crippen LogP) is 3.06. The van der Waals surface area contributed by atoms with Gasteiger partial charge in [-0.25, -0.2) is 4.39 Å². The lowest BCUT2D eigenvalue weighted by Gasteiger charge is -2.10. The number of phenolic OH excluding ortho intramolecular Hbond substituents is 1. The van der Waals surface area contributed by atoms with Crippen molar-refractivity contribution in [3.8, 4) is 11.5 Å². The average molecular weight is 292 g/mol. The van der Waals surface area contributed by atoms with E-state index in [-0.39, 0.29) is 23.7 Å². The number of anilines is 1. The highest BCUT2D eigenvalue weighted by molar-refractivity contribution is 5.61. The number of hydrogen-bond donors (Lipinski definition) is 2. The lowest BCUT2D eigenvalue weighted by Crippen LogP contribution is -2.03. The molecule has 2 N–H and O–H groups in total. The minimum absolute atomic E-state index is 0.0130. The smallest absolute Gasteiger partial charge is 0.292 e. The van der Waals surface area contributed by atoms with Gasteiger partial charge in [0.25, 0.3) is 5.69 Å². The summed E-state index contributed by atoms with van der Waals surface area (Å²) in [7, 11) is 1.48. The van der Waals surface area contributed by atoms with Gasteiger partial charge in [-0.2, -0.15) is 0 Å². The number of nitro groups is 1. The number of aromatic hydroxyl groups is 1. The first-order chi connectivity index (χ1) is 10.0. The third-order valence-corrected chi connectivity index (χ3v) is 2.92. The number of halogens is 1. The predicted molar refractivity (Wildman–Crippen MR) is 75.0 cm³/mol. The quantitative estimate of drug-likeness (QED) is 0.653. The largest absolute Gasteiger partial charge is 0.507 e. The van der Waals surface area contributed by atoms with Crippen LogP contribution in [0.25, 0.3) is 0 Å². The number of ether oxygens (including phenoxy) is 1. The zero-order valence-electron chi connectivity index (χ0n) is 11.2. The molecule has 0 saturated carbocycles. The van der Waals surface area contributed by atoms with Crippen molar-refractivity contribution in [1.82, 2.24) is 0 Å². The molecule has 2 aromatic rings. The number of benzene rings is 2. The Morgan fingerprint density at radius 1 is 1.33 bits per heavy atom. The van der Waals surface area contributed by atoms with E-state index in [9.17, 15) is 19.6 Å². The summed E-state index contributed by atoms with van der Waals surface area (Å²) >= 11 is 0. The van der Waals surface area contributed by atoms with E-state index >= 15 is 0 Å². The van der Waals surface area contributed by atoms with Gasteiger partial charge in [0.15, 0.2) is 0 Å². The molecule has 0 aliphatic rings. The molecule has 0 heterocycles. The Kier molecular flexibility index (Phi) is 4.22. The van der Waals surface area contributed by atoms with E-state index in [0.717, 1.165) is 18.2 Å². The van der Waals surface area contributed by atoms with Crippen LogP contribution in [0.2, 0.25) is 0 Å². The summed E-state index contributed by atoms with van der Waals surface area (Å²) in [6.45, 7) is 0.111. The molecular weight excluding hydrogens is 279 g/mol. The lowest BCUT2D eigenvalue weighted by atomic mass is 10.2. The molecule has 0 radical (unpaired) electrons. The summed E-state index contributed by atoms with van der Waals surface area (Å²) in [6.07, 6.45) is 0. The lowest BCUT2D eigenvalue weighted by molar-refractivity contribution is -0.384. The molecule has 0 saturated heterocycles. The van der Waals surface area contributed by atoms with Crippen molar-refractivity contribution >= 4 is 11.4 Å². The maximum atomic E-state index is 13.2.